The van der Waals surface area contributed by atoms with Gasteiger partial charge >= 0.3 is 0 Å². The molecule has 2 N–H and O–H groups in total. The highest BCUT2D eigenvalue weighted by molar-refractivity contribution is 7.92. The molecule has 0 amide bonds. The molecule has 2 heterocycles. The van der Waals surface area contributed by atoms with Crippen molar-refractivity contribution >= 4 is 15.7 Å². The molecule has 3 aromatic rings. The monoisotopic (exact) mass is 466 g/mol. The SMILES string of the molecule is Cc1c(NS(=O)(=O)c2ccc(-c3cccc(C4CCNCC4)c3)cc2)c(CC(C)C)nn1C. The predicted molar refractivity (Wildman–Crippen MR) is 134 cm³/mol. The third kappa shape index (κ3) is 5.31. The van der Waals surface area contributed by atoms with Crippen LogP contribution in [0.2, 0.25) is 0 Å². The number of piperidine rings is 1. The Morgan fingerprint density at radius 2 is 1.79 bits per heavy atom. The van der Waals surface area contributed by atoms with Gasteiger partial charge < -0.3 is 5.32 Å². The van der Waals surface area contributed by atoms with Crippen molar-refractivity contribution in [3.05, 3.63) is 65.5 Å². The molecule has 0 spiro atoms. The summed E-state index contributed by atoms with van der Waals surface area (Å²) in [7, 11) is -1.88. The van der Waals surface area contributed by atoms with E-state index in [1.807, 2.05) is 26.1 Å². The van der Waals surface area contributed by atoms with E-state index in [-0.39, 0.29) is 4.90 Å². The van der Waals surface area contributed by atoms with Crippen molar-refractivity contribution in [1.82, 2.24) is 15.1 Å². The van der Waals surface area contributed by atoms with Gasteiger partial charge in [-0.25, -0.2) is 8.42 Å². The second-order valence-electron chi connectivity index (χ2n) is 9.41. The highest BCUT2D eigenvalue weighted by atomic mass is 32.2. The van der Waals surface area contributed by atoms with E-state index in [0.29, 0.717) is 23.9 Å². The number of anilines is 1. The van der Waals surface area contributed by atoms with Gasteiger partial charge in [0.2, 0.25) is 0 Å². The highest BCUT2D eigenvalue weighted by Crippen LogP contribution is 2.30. The Morgan fingerprint density at radius 3 is 2.45 bits per heavy atom. The molecule has 1 fully saturated rings. The molecule has 0 bridgehead atoms. The van der Waals surface area contributed by atoms with Crippen molar-refractivity contribution in [2.45, 2.75) is 50.8 Å². The third-order valence-corrected chi connectivity index (χ3v) is 7.81. The van der Waals surface area contributed by atoms with Gasteiger partial charge in [0.25, 0.3) is 10.0 Å². The van der Waals surface area contributed by atoms with Crippen LogP contribution in [0.3, 0.4) is 0 Å². The fourth-order valence-electron chi connectivity index (χ4n) is 4.49. The fourth-order valence-corrected chi connectivity index (χ4v) is 5.63. The zero-order valence-electron chi connectivity index (χ0n) is 19.9. The van der Waals surface area contributed by atoms with E-state index in [0.717, 1.165) is 48.4 Å². The molecule has 0 aliphatic carbocycles. The average molecular weight is 467 g/mol. The van der Waals surface area contributed by atoms with E-state index in [2.05, 4.69) is 53.3 Å². The van der Waals surface area contributed by atoms with Crippen LogP contribution in [0.15, 0.2) is 53.4 Å². The number of benzene rings is 2. The van der Waals surface area contributed by atoms with Crippen molar-refractivity contribution in [3.8, 4) is 11.1 Å². The molecular weight excluding hydrogens is 432 g/mol. The summed E-state index contributed by atoms with van der Waals surface area (Å²) in [6.07, 6.45) is 3.02. The predicted octanol–water partition coefficient (Wildman–Crippen LogP) is 4.86. The fraction of sp³-hybridized carbons (Fsp3) is 0.423. The number of nitrogens with one attached hydrogen (secondary N) is 2. The van der Waals surface area contributed by atoms with Gasteiger partial charge in [-0.15, -0.1) is 0 Å². The van der Waals surface area contributed by atoms with Gasteiger partial charge in [0.05, 0.1) is 22.0 Å². The molecule has 0 unspecified atom stereocenters. The molecule has 2 aromatic carbocycles. The summed E-state index contributed by atoms with van der Waals surface area (Å²) >= 11 is 0. The minimum absolute atomic E-state index is 0.250. The smallest absolute Gasteiger partial charge is 0.262 e. The zero-order chi connectivity index (χ0) is 23.6. The number of sulfonamides is 1. The molecule has 0 saturated carbocycles. The summed E-state index contributed by atoms with van der Waals surface area (Å²) in [4.78, 5) is 0.250. The maximum atomic E-state index is 13.2. The molecule has 1 aromatic heterocycles. The molecule has 176 valence electrons. The molecule has 1 saturated heterocycles. The largest absolute Gasteiger partial charge is 0.317 e. The van der Waals surface area contributed by atoms with Crippen LogP contribution in [0.5, 0.6) is 0 Å². The van der Waals surface area contributed by atoms with Gasteiger partial charge in [0.1, 0.15) is 0 Å². The zero-order valence-corrected chi connectivity index (χ0v) is 20.7. The Kier molecular flexibility index (Phi) is 6.91. The van der Waals surface area contributed by atoms with Crippen LogP contribution in [-0.4, -0.2) is 31.3 Å². The van der Waals surface area contributed by atoms with E-state index in [4.69, 9.17) is 0 Å². The number of hydrogen-bond donors (Lipinski definition) is 2. The summed E-state index contributed by atoms with van der Waals surface area (Å²) in [6, 6.07) is 15.8. The highest BCUT2D eigenvalue weighted by Gasteiger charge is 2.22. The quantitative estimate of drug-likeness (QED) is 0.521. The normalized spacial score (nSPS) is 15.2. The first kappa shape index (κ1) is 23.5. The summed E-state index contributed by atoms with van der Waals surface area (Å²) < 4.78 is 30.8. The van der Waals surface area contributed by atoms with Crippen molar-refractivity contribution in [2.75, 3.05) is 17.8 Å². The summed E-state index contributed by atoms with van der Waals surface area (Å²) in [5, 5.41) is 7.93. The topological polar surface area (TPSA) is 76.0 Å². The second-order valence-corrected chi connectivity index (χ2v) is 11.1. The standard InChI is InChI=1S/C26H34N4O2S/c1-18(2)16-25-26(19(3)30(4)28-25)29-33(31,32)24-10-8-20(9-11-24)22-6-5-7-23(17-22)21-12-14-27-15-13-21/h5-11,17-18,21,27,29H,12-16H2,1-4H3. The van der Waals surface area contributed by atoms with E-state index in [1.54, 1.807) is 16.8 Å². The minimum atomic E-state index is -3.72. The molecule has 33 heavy (non-hydrogen) atoms. The maximum Gasteiger partial charge on any atom is 0.262 e. The van der Waals surface area contributed by atoms with Crippen molar-refractivity contribution in [3.63, 3.8) is 0 Å². The van der Waals surface area contributed by atoms with Crippen LogP contribution < -0.4 is 10.0 Å². The average Bonchev–Trinajstić information content (AvgIpc) is 3.06. The Morgan fingerprint density at radius 1 is 1.09 bits per heavy atom. The number of aromatic nitrogens is 2. The Labute approximate surface area is 197 Å². The van der Waals surface area contributed by atoms with Gasteiger partial charge in [-0.05, 0) is 79.9 Å². The molecule has 6 nitrogen and oxygen atoms in total. The minimum Gasteiger partial charge on any atom is -0.317 e. The van der Waals surface area contributed by atoms with Crippen molar-refractivity contribution in [1.29, 1.82) is 0 Å². The summed E-state index contributed by atoms with van der Waals surface area (Å²) in [5.41, 5.74) is 5.66. The molecular formula is C26H34N4O2S. The van der Waals surface area contributed by atoms with E-state index in [1.165, 1.54) is 5.56 Å². The van der Waals surface area contributed by atoms with Crippen LogP contribution in [-0.2, 0) is 23.5 Å². The third-order valence-electron chi connectivity index (χ3n) is 6.44. The summed E-state index contributed by atoms with van der Waals surface area (Å²) in [6.45, 7) is 8.20. The first-order valence-corrected chi connectivity index (χ1v) is 13.2. The first-order chi connectivity index (χ1) is 15.7. The Bertz CT molecular complexity index is 1210. The number of rotatable bonds is 7. The lowest BCUT2D eigenvalue weighted by Crippen LogP contribution is -2.26. The van der Waals surface area contributed by atoms with Crippen LogP contribution >= 0.6 is 0 Å². The molecule has 1 aliphatic heterocycles. The van der Waals surface area contributed by atoms with Gasteiger partial charge in [-0.3, -0.25) is 9.40 Å². The molecule has 0 atom stereocenters. The number of aryl methyl sites for hydroxylation is 1. The molecule has 0 radical (unpaired) electrons. The molecule has 4 rings (SSSR count). The van der Waals surface area contributed by atoms with E-state index >= 15 is 0 Å². The lowest BCUT2D eigenvalue weighted by molar-refractivity contribution is 0.460. The first-order valence-electron chi connectivity index (χ1n) is 11.7. The van der Waals surface area contributed by atoms with Crippen LogP contribution in [0.1, 0.15) is 49.6 Å². The van der Waals surface area contributed by atoms with Gasteiger partial charge in [0, 0.05) is 7.05 Å². The second kappa shape index (κ2) is 9.69. The van der Waals surface area contributed by atoms with Gasteiger partial charge in [-0.2, -0.15) is 5.10 Å². The lowest BCUT2D eigenvalue weighted by atomic mass is 9.88. The van der Waals surface area contributed by atoms with Crippen LogP contribution in [0, 0.1) is 12.8 Å². The molecule has 7 heteroatoms. The van der Waals surface area contributed by atoms with Crippen molar-refractivity contribution in [2.24, 2.45) is 13.0 Å². The van der Waals surface area contributed by atoms with E-state index < -0.39 is 10.0 Å². The Hall–Kier alpha value is -2.64. The van der Waals surface area contributed by atoms with Crippen LogP contribution in [0.25, 0.3) is 11.1 Å². The van der Waals surface area contributed by atoms with Crippen molar-refractivity contribution < 1.29 is 8.42 Å². The van der Waals surface area contributed by atoms with Gasteiger partial charge in [0.15, 0.2) is 0 Å². The maximum absolute atomic E-state index is 13.2. The van der Waals surface area contributed by atoms with Gasteiger partial charge in [-0.1, -0.05) is 50.2 Å². The molecule has 1 aliphatic rings. The Balaban J connectivity index is 1.56. The van der Waals surface area contributed by atoms with Crippen LogP contribution in [0.4, 0.5) is 5.69 Å². The number of hydrogen-bond acceptors (Lipinski definition) is 4. The number of nitrogens with zero attached hydrogens (tertiary/aromatic N) is 2. The summed E-state index contributed by atoms with van der Waals surface area (Å²) in [5.74, 6) is 0.959. The lowest BCUT2D eigenvalue weighted by Gasteiger charge is -2.23. The van der Waals surface area contributed by atoms with E-state index in [9.17, 15) is 8.42 Å².